The van der Waals surface area contributed by atoms with Gasteiger partial charge in [0, 0.05) is 29.7 Å². The molecule has 0 aliphatic rings. The van der Waals surface area contributed by atoms with Gasteiger partial charge >= 0.3 is 0 Å². The second kappa shape index (κ2) is 6.08. The number of nitrogen functional groups attached to an aromatic ring is 1. The minimum absolute atomic E-state index is 0.0989. The molecular formula is C13H15F2N3S. The predicted octanol–water partition coefficient (Wildman–Crippen LogP) is 3.03. The first-order valence-corrected chi connectivity index (χ1v) is 6.77. The third-order valence-corrected chi connectivity index (χ3v) is 3.65. The van der Waals surface area contributed by atoms with Crippen molar-refractivity contribution in [2.75, 3.05) is 12.3 Å². The van der Waals surface area contributed by atoms with Crippen molar-refractivity contribution in [3.05, 3.63) is 46.5 Å². The molecule has 1 aromatic heterocycles. The van der Waals surface area contributed by atoms with Crippen LogP contribution in [0.3, 0.4) is 0 Å². The molecule has 2 N–H and O–H groups in total. The number of nitrogens with zero attached hydrogens (tertiary/aromatic N) is 2. The molecular weight excluding hydrogens is 268 g/mol. The third kappa shape index (κ3) is 3.48. The number of hydrogen-bond donors (Lipinski definition) is 1. The van der Waals surface area contributed by atoms with E-state index in [0.29, 0.717) is 18.2 Å². The van der Waals surface area contributed by atoms with E-state index in [1.165, 1.54) is 29.5 Å². The Bertz CT molecular complexity index is 536. The van der Waals surface area contributed by atoms with E-state index in [1.54, 1.807) is 6.20 Å². The van der Waals surface area contributed by atoms with Crippen molar-refractivity contribution >= 4 is 16.5 Å². The molecule has 1 heterocycles. The monoisotopic (exact) mass is 283 g/mol. The standard InChI is InChI=1S/C13H15F2N3S/c1-2-18(7-9-6-17-13(16)19-9)8-10-11(14)4-3-5-12(10)15/h3-6H,2,7-8H2,1H3,(H2,16,17). The van der Waals surface area contributed by atoms with Crippen molar-refractivity contribution < 1.29 is 8.78 Å². The Labute approximate surface area is 114 Å². The molecule has 1 aromatic carbocycles. The zero-order valence-corrected chi connectivity index (χ0v) is 11.4. The number of anilines is 1. The number of nitrogens with two attached hydrogens (primary N) is 1. The van der Waals surface area contributed by atoms with Gasteiger partial charge < -0.3 is 5.73 Å². The fourth-order valence-electron chi connectivity index (χ4n) is 1.80. The maximum atomic E-state index is 13.6. The van der Waals surface area contributed by atoms with E-state index in [4.69, 9.17) is 5.73 Å². The average molecular weight is 283 g/mol. The molecule has 0 fully saturated rings. The van der Waals surface area contributed by atoms with Crippen LogP contribution < -0.4 is 5.73 Å². The smallest absolute Gasteiger partial charge is 0.180 e. The number of benzene rings is 1. The van der Waals surface area contributed by atoms with Crippen molar-refractivity contribution in [2.24, 2.45) is 0 Å². The molecule has 0 unspecified atom stereocenters. The molecule has 0 saturated carbocycles. The number of rotatable bonds is 5. The molecule has 0 spiro atoms. The quantitative estimate of drug-likeness (QED) is 0.917. The largest absolute Gasteiger partial charge is 0.375 e. The second-order valence-corrected chi connectivity index (χ2v) is 5.32. The van der Waals surface area contributed by atoms with E-state index < -0.39 is 11.6 Å². The fourth-order valence-corrected chi connectivity index (χ4v) is 2.53. The SMILES string of the molecule is CCN(Cc1cnc(N)s1)Cc1c(F)cccc1F. The topological polar surface area (TPSA) is 42.2 Å². The summed E-state index contributed by atoms with van der Waals surface area (Å²) in [6.07, 6.45) is 1.69. The lowest BCUT2D eigenvalue weighted by molar-refractivity contribution is 0.265. The predicted molar refractivity (Wildman–Crippen MR) is 72.7 cm³/mol. The first-order valence-electron chi connectivity index (χ1n) is 5.95. The summed E-state index contributed by atoms with van der Waals surface area (Å²) in [5, 5.41) is 0.503. The van der Waals surface area contributed by atoms with Crippen LogP contribution in [0.1, 0.15) is 17.4 Å². The van der Waals surface area contributed by atoms with Gasteiger partial charge in [-0.1, -0.05) is 13.0 Å². The number of hydrogen-bond acceptors (Lipinski definition) is 4. The number of aromatic nitrogens is 1. The van der Waals surface area contributed by atoms with E-state index in [0.717, 1.165) is 4.88 Å². The van der Waals surface area contributed by atoms with Crippen molar-refractivity contribution in [1.29, 1.82) is 0 Å². The maximum Gasteiger partial charge on any atom is 0.180 e. The van der Waals surface area contributed by atoms with Gasteiger partial charge in [-0.15, -0.1) is 11.3 Å². The van der Waals surface area contributed by atoms with Gasteiger partial charge in [-0.25, -0.2) is 13.8 Å². The average Bonchev–Trinajstić information content (AvgIpc) is 2.78. The molecule has 0 radical (unpaired) electrons. The maximum absolute atomic E-state index is 13.6. The van der Waals surface area contributed by atoms with Crippen LogP contribution in [-0.4, -0.2) is 16.4 Å². The van der Waals surface area contributed by atoms with Gasteiger partial charge in [0.1, 0.15) is 11.6 Å². The van der Waals surface area contributed by atoms with Crippen LogP contribution in [0.5, 0.6) is 0 Å². The molecule has 0 aliphatic carbocycles. The van der Waals surface area contributed by atoms with Crippen LogP contribution in [0.4, 0.5) is 13.9 Å². The highest BCUT2D eigenvalue weighted by atomic mass is 32.1. The Kier molecular flexibility index (Phi) is 4.44. The minimum atomic E-state index is -0.512. The summed E-state index contributed by atoms with van der Waals surface area (Å²) in [7, 11) is 0. The Hall–Kier alpha value is -1.53. The summed E-state index contributed by atoms with van der Waals surface area (Å²) in [5.74, 6) is -1.02. The van der Waals surface area contributed by atoms with E-state index >= 15 is 0 Å². The fraction of sp³-hybridized carbons (Fsp3) is 0.308. The highest BCUT2D eigenvalue weighted by Gasteiger charge is 2.13. The second-order valence-electron chi connectivity index (χ2n) is 4.17. The van der Waals surface area contributed by atoms with E-state index in [1.807, 2.05) is 11.8 Å². The molecule has 2 rings (SSSR count). The zero-order valence-electron chi connectivity index (χ0n) is 10.6. The van der Waals surface area contributed by atoms with Crippen LogP contribution in [0.25, 0.3) is 0 Å². The lowest BCUT2D eigenvalue weighted by atomic mass is 10.2. The van der Waals surface area contributed by atoms with Gasteiger partial charge in [-0.2, -0.15) is 0 Å². The van der Waals surface area contributed by atoms with Crippen LogP contribution in [0, 0.1) is 11.6 Å². The summed E-state index contributed by atoms with van der Waals surface area (Å²) < 4.78 is 27.2. The lowest BCUT2D eigenvalue weighted by Gasteiger charge is -2.20. The summed E-state index contributed by atoms with van der Waals surface area (Å²) in [4.78, 5) is 6.89. The van der Waals surface area contributed by atoms with Gasteiger partial charge in [0.25, 0.3) is 0 Å². The first-order chi connectivity index (χ1) is 9.10. The van der Waals surface area contributed by atoms with Crippen molar-refractivity contribution in [3.8, 4) is 0 Å². The van der Waals surface area contributed by atoms with E-state index in [9.17, 15) is 8.78 Å². The van der Waals surface area contributed by atoms with Gasteiger partial charge in [-0.3, -0.25) is 4.90 Å². The summed E-state index contributed by atoms with van der Waals surface area (Å²) >= 11 is 1.39. The van der Waals surface area contributed by atoms with Crippen molar-refractivity contribution in [3.63, 3.8) is 0 Å². The third-order valence-electron chi connectivity index (χ3n) is 2.84. The minimum Gasteiger partial charge on any atom is -0.375 e. The first kappa shape index (κ1) is 13.9. The lowest BCUT2D eigenvalue weighted by Crippen LogP contribution is -2.23. The summed E-state index contributed by atoms with van der Waals surface area (Å²) in [5.41, 5.74) is 5.66. The zero-order chi connectivity index (χ0) is 13.8. The van der Waals surface area contributed by atoms with Crippen molar-refractivity contribution in [2.45, 2.75) is 20.0 Å². The Morgan fingerprint density at radius 1 is 1.26 bits per heavy atom. The highest BCUT2D eigenvalue weighted by molar-refractivity contribution is 7.15. The Morgan fingerprint density at radius 2 is 1.95 bits per heavy atom. The molecule has 0 aliphatic heterocycles. The molecule has 0 atom stereocenters. The highest BCUT2D eigenvalue weighted by Crippen LogP contribution is 2.19. The molecule has 102 valence electrons. The molecule has 19 heavy (non-hydrogen) atoms. The van der Waals surface area contributed by atoms with Gasteiger partial charge in [0.2, 0.25) is 0 Å². The van der Waals surface area contributed by atoms with Gasteiger partial charge in [0.05, 0.1) is 0 Å². The Morgan fingerprint density at radius 3 is 2.47 bits per heavy atom. The van der Waals surface area contributed by atoms with Gasteiger partial charge in [0.15, 0.2) is 5.13 Å². The molecule has 6 heteroatoms. The van der Waals surface area contributed by atoms with Crippen LogP contribution >= 0.6 is 11.3 Å². The van der Waals surface area contributed by atoms with E-state index in [-0.39, 0.29) is 12.1 Å². The summed E-state index contributed by atoms with van der Waals surface area (Å²) in [6.45, 7) is 3.45. The van der Waals surface area contributed by atoms with Crippen LogP contribution in [0.2, 0.25) is 0 Å². The van der Waals surface area contributed by atoms with Gasteiger partial charge in [-0.05, 0) is 18.7 Å². The van der Waals surface area contributed by atoms with Crippen LogP contribution in [0.15, 0.2) is 24.4 Å². The number of thiazole rings is 1. The molecule has 0 bridgehead atoms. The Balaban J connectivity index is 2.11. The van der Waals surface area contributed by atoms with E-state index in [2.05, 4.69) is 4.98 Å². The molecule has 0 saturated heterocycles. The number of halogens is 2. The van der Waals surface area contributed by atoms with Crippen molar-refractivity contribution in [1.82, 2.24) is 9.88 Å². The molecule has 2 aromatic rings. The summed E-state index contributed by atoms with van der Waals surface area (Å²) in [6, 6.07) is 3.92. The molecule has 3 nitrogen and oxygen atoms in total. The molecule has 0 amide bonds. The van der Waals surface area contributed by atoms with Crippen LogP contribution in [-0.2, 0) is 13.1 Å². The normalized spacial score (nSPS) is 11.2.